The fourth-order valence-electron chi connectivity index (χ4n) is 3.43. The summed E-state index contributed by atoms with van der Waals surface area (Å²) in [7, 11) is 1.66. The summed E-state index contributed by atoms with van der Waals surface area (Å²) < 4.78 is 5.23. The van der Waals surface area contributed by atoms with Gasteiger partial charge in [-0.1, -0.05) is 30.7 Å². The molecule has 26 heavy (non-hydrogen) atoms. The van der Waals surface area contributed by atoms with Gasteiger partial charge in [-0.25, -0.2) is 0 Å². The maximum Gasteiger partial charge on any atom is 0.224 e. The number of amides is 1. The largest absolute Gasteiger partial charge is 0.497 e. The van der Waals surface area contributed by atoms with Crippen LogP contribution in [0.5, 0.6) is 5.75 Å². The first kappa shape index (κ1) is 18.5. The third-order valence-corrected chi connectivity index (χ3v) is 4.84. The predicted molar refractivity (Wildman–Crippen MR) is 106 cm³/mol. The molecule has 2 aromatic rings. The summed E-state index contributed by atoms with van der Waals surface area (Å²) in [6, 6.07) is 16.1. The number of hydrogen-bond donors (Lipinski definition) is 1. The minimum atomic E-state index is 0.0444. The molecule has 2 aromatic carbocycles. The van der Waals surface area contributed by atoms with Crippen LogP contribution in [0.2, 0.25) is 0 Å². The second-order valence-corrected chi connectivity index (χ2v) is 6.94. The third-order valence-electron chi connectivity index (χ3n) is 4.84. The van der Waals surface area contributed by atoms with Crippen LogP contribution in [-0.4, -0.2) is 31.0 Å². The van der Waals surface area contributed by atoms with Crippen molar-refractivity contribution in [3.05, 3.63) is 59.7 Å². The molecule has 0 bridgehead atoms. The number of aryl methyl sites for hydroxylation is 1. The number of rotatable bonds is 7. The van der Waals surface area contributed by atoms with Crippen LogP contribution in [0.15, 0.2) is 48.5 Å². The first-order valence-electron chi connectivity index (χ1n) is 9.47. The lowest BCUT2D eigenvalue weighted by Crippen LogP contribution is -2.29. The predicted octanol–water partition coefficient (Wildman–Crippen LogP) is 4.25. The number of likely N-dealkylation sites (tertiary alicyclic amines) is 1. The maximum absolute atomic E-state index is 12.3. The van der Waals surface area contributed by atoms with Crippen LogP contribution in [0.4, 0.5) is 5.69 Å². The molecule has 4 heteroatoms. The molecule has 0 saturated carbocycles. The van der Waals surface area contributed by atoms with Gasteiger partial charge in [0.1, 0.15) is 5.75 Å². The number of methoxy groups -OCH3 is 1. The van der Waals surface area contributed by atoms with Gasteiger partial charge in [-0.05, 0) is 67.7 Å². The molecule has 4 nitrogen and oxygen atoms in total. The number of carbonyl (C=O) groups excluding carboxylic acids is 1. The SMILES string of the molecule is COc1cccc(CCC(=O)Nc2cccc(CN3CCCCC3)c2)c1. The van der Waals surface area contributed by atoms with Crippen LogP contribution < -0.4 is 10.1 Å². The Hall–Kier alpha value is -2.33. The Bertz CT molecular complexity index is 724. The van der Waals surface area contributed by atoms with Gasteiger partial charge in [-0.15, -0.1) is 0 Å². The highest BCUT2D eigenvalue weighted by molar-refractivity contribution is 5.90. The first-order chi connectivity index (χ1) is 12.7. The average molecular weight is 352 g/mol. The van der Waals surface area contributed by atoms with Gasteiger partial charge in [0.25, 0.3) is 0 Å². The highest BCUT2D eigenvalue weighted by Gasteiger charge is 2.11. The molecule has 1 fully saturated rings. The quantitative estimate of drug-likeness (QED) is 0.810. The molecule has 1 amide bonds. The molecule has 0 radical (unpaired) electrons. The van der Waals surface area contributed by atoms with E-state index in [2.05, 4.69) is 22.3 Å². The number of benzene rings is 2. The number of ether oxygens (including phenoxy) is 1. The Balaban J connectivity index is 1.51. The van der Waals surface area contributed by atoms with E-state index in [1.165, 1.54) is 37.9 Å². The summed E-state index contributed by atoms with van der Waals surface area (Å²) >= 11 is 0. The number of hydrogen-bond acceptors (Lipinski definition) is 3. The molecule has 1 aliphatic heterocycles. The molecule has 0 atom stereocenters. The molecular weight excluding hydrogens is 324 g/mol. The van der Waals surface area contributed by atoms with Crippen LogP contribution in [0, 0.1) is 0 Å². The molecule has 0 aliphatic carbocycles. The van der Waals surface area contributed by atoms with Crippen LogP contribution in [0.1, 0.15) is 36.8 Å². The van der Waals surface area contributed by atoms with Gasteiger partial charge in [0.15, 0.2) is 0 Å². The van der Waals surface area contributed by atoms with Gasteiger partial charge in [0, 0.05) is 18.7 Å². The van der Waals surface area contributed by atoms with Crippen molar-refractivity contribution >= 4 is 11.6 Å². The summed E-state index contributed by atoms with van der Waals surface area (Å²) in [5.41, 5.74) is 3.26. The van der Waals surface area contributed by atoms with Crippen LogP contribution >= 0.6 is 0 Å². The van der Waals surface area contributed by atoms with E-state index in [9.17, 15) is 4.79 Å². The van der Waals surface area contributed by atoms with Gasteiger partial charge in [-0.2, -0.15) is 0 Å². The van der Waals surface area contributed by atoms with Gasteiger partial charge in [-0.3, -0.25) is 9.69 Å². The van der Waals surface area contributed by atoms with Crippen molar-refractivity contribution in [3.63, 3.8) is 0 Å². The molecule has 1 saturated heterocycles. The third kappa shape index (κ3) is 5.60. The van der Waals surface area contributed by atoms with Gasteiger partial charge in [0.2, 0.25) is 5.91 Å². The molecule has 0 aromatic heterocycles. The Morgan fingerprint density at radius 1 is 1.04 bits per heavy atom. The van der Waals surface area contributed by atoms with Crippen LogP contribution in [0.25, 0.3) is 0 Å². The first-order valence-corrected chi connectivity index (χ1v) is 9.47. The van der Waals surface area contributed by atoms with E-state index in [-0.39, 0.29) is 5.91 Å². The number of nitrogens with one attached hydrogen (secondary N) is 1. The van der Waals surface area contributed by atoms with Gasteiger partial charge < -0.3 is 10.1 Å². The van der Waals surface area contributed by atoms with E-state index in [1.807, 2.05) is 36.4 Å². The van der Waals surface area contributed by atoms with Crippen molar-refractivity contribution < 1.29 is 9.53 Å². The summed E-state index contributed by atoms with van der Waals surface area (Å²) in [6.45, 7) is 3.32. The van der Waals surface area contributed by atoms with Crippen molar-refractivity contribution in [1.82, 2.24) is 4.90 Å². The van der Waals surface area contributed by atoms with Crippen molar-refractivity contribution in [2.45, 2.75) is 38.6 Å². The Kier molecular flexibility index (Phi) is 6.67. The van der Waals surface area contributed by atoms with Crippen molar-refractivity contribution in [3.8, 4) is 5.75 Å². The summed E-state index contributed by atoms with van der Waals surface area (Å²) in [5.74, 6) is 0.872. The minimum Gasteiger partial charge on any atom is -0.497 e. The van der Waals surface area contributed by atoms with Crippen molar-refractivity contribution in [2.24, 2.45) is 0 Å². The highest BCUT2D eigenvalue weighted by atomic mass is 16.5. The summed E-state index contributed by atoms with van der Waals surface area (Å²) in [6.07, 6.45) is 5.10. The van der Waals surface area contributed by atoms with Gasteiger partial charge in [0.05, 0.1) is 7.11 Å². The summed E-state index contributed by atoms with van der Waals surface area (Å²) in [4.78, 5) is 14.8. The lowest BCUT2D eigenvalue weighted by Gasteiger charge is -2.26. The molecule has 0 unspecified atom stereocenters. The fraction of sp³-hybridized carbons (Fsp3) is 0.409. The lowest BCUT2D eigenvalue weighted by atomic mass is 10.1. The molecule has 3 rings (SSSR count). The summed E-state index contributed by atoms with van der Waals surface area (Å²) in [5, 5.41) is 3.03. The van der Waals surface area contributed by atoms with Crippen molar-refractivity contribution in [1.29, 1.82) is 0 Å². The molecule has 1 N–H and O–H groups in total. The second-order valence-electron chi connectivity index (χ2n) is 6.94. The zero-order chi connectivity index (χ0) is 18.2. The van der Waals surface area contributed by atoms with E-state index in [1.54, 1.807) is 7.11 Å². The maximum atomic E-state index is 12.3. The highest BCUT2D eigenvalue weighted by Crippen LogP contribution is 2.17. The van der Waals surface area contributed by atoms with Crippen LogP contribution in [-0.2, 0) is 17.8 Å². The van der Waals surface area contributed by atoms with E-state index in [4.69, 9.17) is 4.74 Å². The zero-order valence-electron chi connectivity index (χ0n) is 15.5. The number of nitrogens with zero attached hydrogens (tertiary/aromatic N) is 1. The standard InChI is InChI=1S/C22H28N2O2/c1-26-21-10-6-7-18(16-21)11-12-22(25)23-20-9-5-8-19(15-20)17-24-13-3-2-4-14-24/h5-10,15-16H,2-4,11-14,17H2,1H3,(H,23,25). The second kappa shape index (κ2) is 9.39. The monoisotopic (exact) mass is 352 g/mol. The lowest BCUT2D eigenvalue weighted by molar-refractivity contribution is -0.116. The van der Waals surface area contributed by atoms with E-state index < -0.39 is 0 Å². The normalized spacial score (nSPS) is 14.8. The number of piperidine rings is 1. The minimum absolute atomic E-state index is 0.0444. The number of anilines is 1. The topological polar surface area (TPSA) is 41.6 Å². The van der Waals surface area contributed by atoms with Crippen LogP contribution in [0.3, 0.4) is 0 Å². The fourth-order valence-corrected chi connectivity index (χ4v) is 3.43. The van der Waals surface area contributed by atoms with E-state index in [0.29, 0.717) is 12.8 Å². The number of carbonyl (C=O) groups is 1. The molecule has 1 heterocycles. The smallest absolute Gasteiger partial charge is 0.224 e. The van der Waals surface area contributed by atoms with Crippen molar-refractivity contribution in [2.75, 3.05) is 25.5 Å². The van der Waals surface area contributed by atoms with E-state index in [0.717, 1.165) is 23.5 Å². The molecule has 0 spiro atoms. The zero-order valence-corrected chi connectivity index (χ0v) is 15.5. The Morgan fingerprint density at radius 3 is 2.62 bits per heavy atom. The average Bonchev–Trinajstić information content (AvgIpc) is 2.68. The Labute approximate surface area is 156 Å². The van der Waals surface area contributed by atoms with Gasteiger partial charge >= 0.3 is 0 Å². The molecule has 138 valence electrons. The molecule has 1 aliphatic rings. The van der Waals surface area contributed by atoms with E-state index >= 15 is 0 Å². The molecular formula is C22H28N2O2. The Morgan fingerprint density at radius 2 is 1.81 bits per heavy atom.